The fourth-order valence-corrected chi connectivity index (χ4v) is 4.33. The Morgan fingerprint density at radius 3 is 2.85 bits per heavy atom. The number of rotatable bonds is 5. The summed E-state index contributed by atoms with van der Waals surface area (Å²) < 4.78 is 5.39. The van der Waals surface area contributed by atoms with Crippen LogP contribution < -0.4 is 0 Å². The van der Waals surface area contributed by atoms with Gasteiger partial charge >= 0.3 is 0 Å². The third-order valence-electron chi connectivity index (χ3n) is 4.77. The van der Waals surface area contributed by atoms with E-state index in [1.807, 2.05) is 6.08 Å². The van der Waals surface area contributed by atoms with Gasteiger partial charge in [-0.15, -0.1) is 0 Å². The van der Waals surface area contributed by atoms with Crippen LogP contribution in [0.25, 0.3) is 0 Å². The zero-order valence-electron chi connectivity index (χ0n) is 15.2. The Bertz CT molecular complexity index is 856. The summed E-state index contributed by atoms with van der Waals surface area (Å²) in [4.78, 5) is 12.1. The van der Waals surface area contributed by atoms with E-state index in [-0.39, 0.29) is 6.61 Å². The Balaban J connectivity index is 1.51. The van der Waals surface area contributed by atoms with Gasteiger partial charge in [-0.1, -0.05) is 35.7 Å². The Morgan fingerprint density at radius 2 is 2.00 bits per heavy atom. The van der Waals surface area contributed by atoms with E-state index in [9.17, 15) is 0 Å². The summed E-state index contributed by atoms with van der Waals surface area (Å²) in [5.41, 5.74) is 8.27. The fourth-order valence-electron chi connectivity index (χ4n) is 3.34. The molecule has 0 atom stereocenters. The van der Waals surface area contributed by atoms with Crippen LogP contribution in [0.2, 0.25) is 0 Å². The summed E-state index contributed by atoms with van der Waals surface area (Å²) in [5, 5.41) is 8.79. The van der Waals surface area contributed by atoms with Crippen LogP contribution in [0.1, 0.15) is 5.56 Å². The fraction of sp³-hybridized carbons (Fsp3) is 0.381. The number of piperazine rings is 1. The number of amidine groups is 1. The molecule has 1 N–H and O–H groups in total. The summed E-state index contributed by atoms with van der Waals surface area (Å²) in [6.45, 7) is 5.90. The van der Waals surface area contributed by atoms with E-state index in [4.69, 9.17) is 14.8 Å². The smallest absolute Gasteiger partial charge is 0.138 e. The van der Waals surface area contributed by atoms with Crippen molar-refractivity contribution in [3.8, 4) is 0 Å². The molecule has 0 unspecified atom stereocenters. The molecule has 0 spiro atoms. The van der Waals surface area contributed by atoms with E-state index in [0.29, 0.717) is 13.2 Å². The number of fused-ring (bicyclic) bond motifs is 2. The zero-order valence-corrected chi connectivity index (χ0v) is 16.0. The summed E-state index contributed by atoms with van der Waals surface area (Å²) in [6, 6.07) is 8.48. The molecule has 6 heteroatoms. The van der Waals surface area contributed by atoms with Gasteiger partial charge in [-0.05, 0) is 23.9 Å². The van der Waals surface area contributed by atoms with E-state index < -0.39 is 0 Å². The quantitative estimate of drug-likeness (QED) is 0.626. The number of aliphatic hydroxyl groups excluding tert-OH is 1. The lowest BCUT2D eigenvalue weighted by molar-refractivity contribution is 0.0652. The molecule has 5 nitrogen and oxygen atoms in total. The van der Waals surface area contributed by atoms with Crippen LogP contribution in [-0.4, -0.2) is 73.3 Å². The van der Waals surface area contributed by atoms with Crippen molar-refractivity contribution in [1.82, 2.24) is 9.80 Å². The molecular weight excluding hydrogens is 358 g/mol. The second-order valence-electron chi connectivity index (χ2n) is 6.51. The highest BCUT2D eigenvalue weighted by Crippen LogP contribution is 2.38. The van der Waals surface area contributed by atoms with E-state index in [1.54, 1.807) is 11.8 Å². The Morgan fingerprint density at radius 1 is 1.15 bits per heavy atom. The maximum Gasteiger partial charge on any atom is 0.138 e. The highest BCUT2D eigenvalue weighted by atomic mass is 32.2. The van der Waals surface area contributed by atoms with E-state index in [2.05, 4.69) is 51.6 Å². The van der Waals surface area contributed by atoms with Crippen molar-refractivity contribution in [2.75, 3.05) is 52.5 Å². The molecule has 4 rings (SSSR count). The van der Waals surface area contributed by atoms with Crippen molar-refractivity contribution in [2.45, 2.75) is 4.90 Å². The standard InChI is InChI=1S/C21H23N3O2S/c25-14-16-26-15-13-23-9-11-24(12-10-23)21-17-5-1-3-7-19(17)27-20-8-4-2-6-18(20)22-21/h1,3-5,7-8,25H,9-16H2. The number of hydrogen-bond donors (Lipinski definition) is 1. The number of aliphatic hydroxyl groups is 1. The molecule has 0 saturated carbocycles. The number of ether oxygens (including phenoxy) is 1. The van der Waals surface area contributed by atoms with Gasteiger partial charge in [0.05, 0.1) is 19.8 Å². The van der Waals surface area contributed by atoms with Gasteiger partial charge in [0.1, 0.15) is 11.5 Å². The molecule has 0 bridgehead atoms. The minimum atomic E-state index is 0.0843. The number of thioether (sulfide) groups is 1. The lowest BCUT2D eigenvalue weighted by Gasteiger charge is -2.36. The average Bonchev–Trinajstić information content (AvgIpc) is 2.88. The minimum absolute atomic E-state index is 0.0843. The zero-order chi connectivity index (χ0) is 18.5. The van der Waals surface area contributed by atoms with Gasteiger partial charge < -0.3 is 14.7 Å². The number of hydrogen-bond acceptors (Lipinski definition) is 6. The van der Waals surface area contributed by atoms with Crippen molar-refractivity contribution in [3.63, 3.8) is 0 Å². The topological polar surface area (TPSA) is 48.3 Å². The van der Waals surface area contributed by atoms with E-state index in [1.165, 1.54) is 10.5 Å². The van der Waals surface area contributed by atoms with Crippen LogP contribution >= 0.6 is 11.8 Å². The molecule has 2 heterocycles. The molecule has 1 fully saturated rings. The van der Waals surface area contributed by atoms with Gasteiger partial charge in [0, 0.05) is 48.1 Å². The van der Waals surface area contributed by atoms with Gasteiger partial charge in [-0.2, -0.15) is 0 Å². The molecule has 0 amide bonds. The second-order valence-corrected chi connectivity index (χ2v) is 7.60. The second kappa shape index (κ2) is 8.77. The molecule has 2 aliphatic heterocycles. The Hall–Kier alpha value is -2.04. The summed E-state index contributed by atoms with van der Waals surface area (Å²) in [7, 11) is 0. The highest BCUT2D eigenvalue weighted by Gasteiger charge is 2.26. The molecule has 0 radical (unpaired) electrons. The third-order valence-corrected chi connectivity index (χ3v) is 5.89. The lowest BCUT2D eigenvalue weighted by Crippen LogP contribution is -2.49. The van der Waals surface area contributed by atoms with Gasteiger partial charge in [0.15, 0.2) is 0 Å². The SMILES string of the molecule is OCCOCCN1CCN(C2=NC3=C=C=CC=C3Sc3ccccc32)CC1. The Labute approximate surface area is 164 Å². The van der Waals surface area contributed by atoms with Crippen LogP contribution in [-0.2, 0) is 4.74 Å². The molecule has 1 aromatic carbocycles. The molecule has 27 heavy (non-hydrogen) atoms. The monoisotopic (exact) mass is 381 g/mol. The summed E-state index contributed by atoms with van der Waals surface area (Å²) in [6.07, 6.45) is 3.95. The van der Waals surface area contributed by atoms with Crippen molar-refractivity contribution >= 4 is 17.6 Å². The number of aliphatic imine (C=N–C) groups is 1. The lowest BCUT2D eigenvalue weighted by atomic mass is 10.1. The van der Waals surface area contributed by atoms with Crippen LogP contribution in [0.5, 0.6) is 0 Å². The number of benzene rings is 1. The molecular formula is C21H23N3O2S. The predicted molar refractivity (Wildman–Crippen MR) is 108 cm³/mol. The third kappa shape index (κ3) is 4.28. The minimum Gasteiger partial charge on any atom is -0.394 e. The molecule has 3 aliphatic rings. The maximum absolute atomic E-state index is 8.79. The molecule has 1 aromatic rings. The normalized spacial score (nSPS) is 19.0. The first-order valence-electron chi connectivity index (χ1n) is 9.29. The van der Waals surface area contributed by atoms with E-state index in [0.717, 1.165) is 49.2 Å². The molecule has 140 valence electrons. The predicted octanol–water partition coefficient (Wildman–Crippen LogP) is 2.26. The van der Waals surface area contributed by atoms with Gasteiger partial charge in [-0.25, -0.2) is 4.99 Å². The van der Waals surface area contributed by atoms with Gasteiger partial charge in [-0.3, -0.25) is 4.90 Å². The first kappa shape index (κ1) is 18.3. The van der Waals surface area contributed by atoms with Crippen molar-refractivity contribution in [3.05, 3.63) is 64.0 Å². The first-order valence-corrected chi connectivity index (χ1v) is 10.1. The Kier molecular flexibility index (Phi) is 5.95. The average molecular weight is 382 g/mol. The summed E-state index contributed by atoms with van der Waals surface area (Å²) in [5.74, 6) is 1.03. The van der Waals surface area contributed by atoms with Crippen LogP contribution in [0.4, 0.5) is 0 Å². The van der Waals surface area contributed by atoms with E-state index >= 15 is 0 Å². The van der Waals surface area contributed by atoms with Gasteiger partial charge in [0.25, 0.3) is 0 Å². The number of allylic oxidation sites excluding steroid dienone is 2. The highest BCUT2D eigenvalue weighted by molar-refractivity contribution is 8.03. The number of nitrogens with zero attached hydrogens (tertiary/aromatic N) is 3. The maximum atomic E-state index is 8.79. The van der Waals surface area contributed by atoms with Gasteiger partial charge in [0.2, 0.25) is 0 Å². The van der Waals surface area contributed by atoms with Crippen molar-refractivity contribution < 1.29 is 9.84 Å². The molecule has 1 saturated heterocycles. The van der Waals surface area contributed by atoms with Crippen LogP contribution in [0.3, 0.4) is 0 Å². The van der Waals surface area contributed by atoms with Crippen LogP contribution in [0.15, 0.2) is 68.4 Å². The molecule has 1 aliphatic carbocycles. The summed E-state index contributed by atoms with van der Waals surface area (Å²) >= 11 is 1.75. The first-order chi connectivity index (χ1) is 13.3. The van der Waals surface area contributed by atoms with Crippen molar-refractivity contribution in [1.29, 1.82) is 0 Å². The van der Waals surface area contributed by atoms with Crippen molar-refractivity contribution in [2.24, 2.45) is 4.99 Å². The largest absolute Gasteiger partial charge is 0.394 e. The molecule has 0 aromatic heterocycles. The van der Waals surface area contributed by atoms with Crippen LogP contribution in [0, 0.1) is 0 Å².